The molecule has 1 heterocycles. The van der Waals surface area contributed by atoms with Gasteiger partial charge in [0.05, 0.1) is 0 Å². The maximum absolute atomic E-state index is 5.95. The molecule has 0 saturated heterocycles. The Hall–Kier alpha value is -1.59. The van der Waals surface area contributed by atoms with E-state index in [2.05, 4.69) is 10.1 Å². The standard InChI is InChI=1S/C13H16ClN3O2/c1-3-13-16-12(17-19-13)7-18-11-5-4-9(14)6-10(11)8(2)15/h4-6,8H,3,7,15H2,1-2H3. The molecule has 2 rings (SSSR count). The van der Waals surface area contributed by atoms with Gasteiger partial charge >= 0.3 is 0 Å². The minimum absolute atomic E-state index is 0.162. The SMILES string of the molecule is CCc1nc(COc2ccc(Cl)cc2C(C)N)no1. The van der Waals surface area contributed by atoms with Crippen LogP contribution in [0.1, 0.15) is 37.2 Å². The van der Waals surface area contributed by atoms with Crippen molar-refractivity contribution in [1.82, 2.24) is 10.1 Å². The van der Waals surface area contributed by atoms with Crippen molar-refractivity contribution in [2.45, 2.75) is 32.9 Å². The molecule has 1 atom stereocenters. The quantitative estimate of drug-likeness (QED) is 0.912. The van der Waals surface area contributed by atoms with E-state index in [0.29, 0.717) is 28.9 Å². The van der Waals surface area contributed by atoms with Gasteiger partial charge in [-0.05, 0) is 25.1 Å². The molecule has 0 aliphatic heterocycles. The van der Waals surface area contributed by atoms with Gasteiger partial charge in [0.25, 0.3) is 0 Å². The van der Waals surface area contributed by atoms with E-state index in [0.717, 1.165) is 5.56 Å². The van der Waals surface area contributed by atoms with E-state index in [-0.39, 0.29) is 12.6 Å². The number of nitrogens with two attached hydrogens (primary N) is 1. The number of aryl methyl sites for hydroxylation is 1. The van der Waals surface area contributed by atoms with Gasteiger partial charge in [0.1, 0.15) is 5.75 Å². The monoisotopic (exact) mass is 281 g/mol. The van der Waals surface area contributed by atoms with Crippen molar-refractivity contribution in [2.24, 2.45) is 5.73 Å². The Balaban J connectivity index is 2.10. The van der Waals surface area contributed by atoms with Crippen molar-refractivity contribution in [3.05, 3.63) is 40.5 Å². The normalized spacial score (nSPS) is 12.4. The third kappa shape index (κ3) is 3.45. The fourth-order valence-electron chi connectivity index (χ4n) is 1.64. The zero-order valence-electron chi connectivity index (χ0n) is 10.9. The molecule has 19 heavy (non-hydrogen) atoms. The predicted octanol–water partition coefficient (Wildman–Crippen LogP) is 2.88. The van der Waals surface area contributed by atoms with E-state index in [1.807, 2.05) is 13.8 Å². The number of ether oxygens (including phenoxy) is 1. The summed E-state index contributed by atoms with van der Waals surface area (Å²) in [7, 11) is 0. The second-order valence-corrected chi connectivity index (χ2v) is 4.65. The average molecular weight is 282 g/mol. The van der Waals surface area contributed by atoms with Crippen LogP contribution in [0.25, 0.3) is 0 Å². The molecule has 0 aliphatic rings. The molecule has 0 spiro atoms. The maximum Gasteiger partial charge on any atom is 0.226 e. The third-order valence-corrected chi connectivity index (χ3v) is 2.87. The Morgan fingerprint density at radius 3 is 2.89 bits per heavy atom. The van der Waals surface area contributed by atoms with Crippen LogP contribution in [0.2, 0.25) is 5.02 Å². The van der Waals surface area contributed by atoms with Gasteiger partial charge in [0, 0.05) is 23.0 Å². The van der Waals surface area contributed by atoms with E-state index < -0.39 is 0 Å². The first-order valence-electron chi connectivity index (χ1n) is 6.09. The summed E-state index contributed by atoms with van der Waals surface area (Å²) in [4.78, 5) is 4.18. The van der Waals surface area contributed by atoms with Crippen LogP contribution in [0.15, 0.2) is 22.7 Å². The van der Waals surface area contributed by atoms with Crippen LogP contribution in [-0.4, -0.2) is 10.1 Å². The van der Waals surface area contributed by atoms with Crippen LogP contribution < -0.4 is 10.5 Å². The fraction of sp³-hybridized carbons (Fsp3) is 0.385. The van der Waals surface area contributed by atoms with E-state index in [9.17, 15) is 0 Å². The molecule has 0 fully saturated rings. The summed E-state index contributed by atoms with van der Waals surface area (Å²) >= 11 is 5.95. The highest BCUT2D eigenvalue weighted by Gasteiger charge is 2.11. The van der Waals surface area contributed by atoms with E-state index >= 15 is 0 Å². The van der Waals surface area contributed by atoms with Gasteiger partial charge in [-0.2, -0.15) is 4.98 Å². The average Bonchev–Trinajstić information content (AvgIpc) is 2.85. The minimum atomic E-state index is -0.162. The summed E-state index contributed by atoms with van der Waals surface area (Å²) in [6.07, 6.45) is 0.707. The van der Waals surface area contributed by atoms with Crippen molar-refractivity contribution in [2.75, 3.05) is 0 Å². The summed E-state index contributed by atoms with van der Waals surface area (Å²) in [5, 5.41) is 4.46. The smallest absolute Gasteiger partial charge is 0.226 e. The highest BCUT2D eigenvalue weighted by atomic mass is 35.5. The fourth-order valence-corrected chi connectivity index (χ4v) is 1.82. The lowest BCUT2D eigenvalue weighted by Gasteiger charge is -2.13. The molecule has 0 radical (unpaired) electrons. The van der Waals surface area contributed by atoms with Gasteiger partial charge in [-0.15, -0.1) is 0 Å². The Morgan fingerprint density at radius 1 is 1.47 bits per heavy atom. The zero-order chi connectivity index (χ0) is 13.8. The maximum atomic E-state index is 5.95. The summed E-state index contributed by atoms with van der Waals surface area (Å²) in [5.74, 6) is 1.80. The molecular weight excluding hydrogens is 266 g/mol. The lowest BCUT2D eigenvalue weighted by atomic mass is 10.1. The van der Waals surface area contributed by atoms with Crippen molar-refractivity contribution < 1.29 is 9.26 Å². The Labute approximate surface area is 116 Å². The molecule has 0 amide bonds. The Bertz CT molecular complexity index is 555. The molecule has 2 N–H and O–H groups in total. The van der Waals surface area contributed by atoms with Crippen molar-refractivity contribution in [3.63, 3.8) is 0 Å². The predicted molar refractivity (Wildman–Crippen MR) is 72.1 cm³/mol. The van der Waals surface area contributed by atoms with Crippen molar-refractivity contribution >= 4 is 11.6 Å². The van der Waals surface area contributed by atoms with Crippen molar-refractivity contribution in [3.8, 4) is 5.75 Å². The van der Waals surface area contributed by atoms with Crippen molar-refractivity contribution in [1.29, 1.82) is 0 Å². The van der Waals surface area contributed by atoms with Gasteiger partial charge in [-0.25, -0.2) is 0 Å². The molecule has 2 aromatic rings. The van der Waals surface area contributed by atoms with E-state index in [1.54, 1.807) is 18.2 Å². The Kier molecular flexibility index (Phi) is 4.39. The zero-order valence-corrected chi connectivity index (χ0v) is 11.6. The molecule has 5 nitrogen and oxygen atoms in total. The van der Waals surface area contributed by atoms with Gasteiger partial charge in [-0.3, -0.25) is 0 Å². The lowest BCUT2D eigenvalue weighted by molar-refractivity contribution is 0.281. The van der Waals surface area contributed by atoms with E-state index in [4.69, 9.17) is 26.6 Å². The second kappa shape index (κ2) is 6.04. The third-order valence-electron chi connectivity index (χ3n) is 2.63. The number of hydrogen-bond acceptors (Lipinski definition) is 5. The highest BCUT2D eigenvalue weighted by Crippen LogP contribution is 2.27. The van der Waals surface area contributed by atoms with E-state index in [1.165, 1.54) is 0 Å². The van der Waals surface area contributed by atoms with Gasteiger partial charge in [0.2, 0.25) is 11.7 Å². The largest absolute Gasteiger partial charge is 0.485 e. The molecule has 0 aliphatic carbocycles. The molecule has 6 heteroatoms. The highest BCUT2D eigenvalue weighted by molar-refractivity contribution is 6.30. The number of aromatic nitrogens is 2. The summed E-state index contributed by atoms with van der Waals surface area (Å²) < 4.78 is 10.7. The van der Waals surface area contributed by atoms with Crippen LogP contribution in [0.3, 0.4) is 0 Å². The number of benzene rings is 1. The lowest BCUT2D eigenvalue weighted by Crippen LogP contribution is -2.08. The molecule has 0 saturated carbocycles. The molecule has 0 bridgehead atoms. The Morgan fingerprint density at radius 2 is 2.26 bits per heavy atom. The first-order chi connectivity index (χ1) is 9.10. The molecule has 1 aromatic heterocycles. The van der Waals surface area contributed by atoms with Crippen LogP contribution in [-0.2, 0) is 13.0 Å². The van der Waals surface area contributed by atoms with Crippen LogP contribution >= 0.6 is 11.6 Å². The van der Waals surface area contributed by atoms with Gasteiger partial charge in [0.15, 0.2) is 6.61 Å². The number of nitrogens with zero attached hydrogens (tertiary/aromatic N) is 2. The first-order valence-corrected chi connectivity index (χ1v) is 6.47. The summed E-state index contributed by atoms with van der Waals surface area (Å²) in [6, 6.07) is 5.19. The van der Waals surface area contributed by atoms with Crippen LogP contribution in [0, 0.1) is 0 Å². The number of hydrogen-bond donors (Lipinski definition) is 1. The molecule has 102 valence electrons. The van der Waals surface area contributed by atoms with Crippen LogP contribution in [0.4, 0.5) is 0 Å². The number of halogens is 1. The number of rotatable bonds is 5. The molecule has 1 unspecified atom stereocenters. The summed E-state index contributed by atoms with van der Waals surface area (Å²) in [6.45, 7) is 4.07. The second-order valence-electron chi connectivity index (χ2n) is 4.22. The molecule has 1 aromatic carbocycles. The molecular formula is C13H16ClN3O2. The minimum Gasteiger partial charge on any atom is -0.485 e. The van der Waals surface area contributed by atoms with Gasteiger partial charge in [-0.1, -0.05) is 23.7 Å². The topological polar surface area (TPSA) is 74.2 Å². The van der Waals surface area contributed by atoms with Gasteiger partial charge < -0.3 is 15.0 Å². The summed E-state index contributed by atoms with van der Waals surface area (Å²) in [5.41, 5.74) is 6.74. The first kappa shape index (κ1) is 13.8. The van der Waals surface area contributed by atoms with Crippen LogP contribution in [0.5, 0.6) is 5.75 Å².